The molecule has 1 aromatic heterocycles. The van der Waals surface area contributed by atoms with Crippen LogP contribution in [0.4, 0.5) is 0 Å². The Morgan fingerprint density at radius 2 is 1.80 bits per heavy atom. The van der Waals surface area contributed by atoms with Gasteiger partial charge in [-0.05, 0) is 19.2 Å². The molecule has 84 valence electrons. The molecule has 0 unspecified atom stereocenters. The van der Waals surface area contributed by atoms with E-state index in [1.54, 1.807) is 0 Å². The minimum Gasteiger partial charge on any atom is -0.465 e. The molecular formula is C12H20N2O. The number of nitrogens with zero attached hydrogens (tertiary/aromatic N) is 2. The highest BCUT2D eigenvalue weighted by Crippen LogP contribution is 2.12. The summed E-state index contributed by atoms with van der Waals surface area (Å²) in [6.07, 6.45) is 0.989. The zero-order chi connectivity index (χ0) is 10.7. The lowest BCUT2D eigenvalue weighted by Gasteiger charge is -2.31. The van der Waals surface area contributed by atoms with Crippen molar-refractivity contribution >= 4 is 0 Å². The van der Waals surface area contributed by atoms with E-state index in [-0.39, 0.29) is 0 Å². The maximum Gasteiger partial charge on any atom is 0.118 e. The Kier molecular flexibility index (Phi) is 3.44. The second-order valence-corrected chi connectivity index (χ2v) is 4.30. The highest BCUT2D eigenvalue weighted by Gasteiger charge is 2.14. The lowest BCUT2D eigenvalue weighted by atomic mass is 10.3. The van der Waals surface area contributed by atoms with Crippen molar-refractivity contribution in [2.45, 2.75) is 19.9 Å². The Hall–Kier alpha value is -0.800. The van der Waals surface area contributed by atoms with E-state index in [2.05, 4.69) is 35.9 Å². The molecule has 0 atom stereocenters. The minimum absolute atomic E-state index is 0.966. The van der Waals surface area contributed by atoms with Crippen LogP contribution in [-0.4, -0.2) is 43.0 Å². The lowest BCUT2D eigenvalue weighted by Crippen LogP contribution is -2.43. The van der Waals surface area contributed by atoms with Crippen LogP contribution in [0.5, 0.6) is 0 Å². The summed E-state index contributed by atoms with van der Waals surface area (Å²) in [6, 6.07) is 4.20. The summed E-state index contributed by atoms with van der Waals surface area (Å²) < 4.78 is 5.71. The largest absolute Gasteiger partial charge is 0.465 e. The Balaban J connectivity index is 1.86. The molecule has 2 rings (SSSR count). The molecule has 2 heterocycles. The van der Waals surface area contributed by atoms with Gasteiger partial charge in [-0.2, -0.15) is 0 Å². The molecule has 0 saturated carbocycles. The lowest BCUT2D eigenvalue weighted by molar-refractivity contribution is 0.139. The Labute approximate surface area is 91.7 Å². The Morgan fingerprint density at radius 3 is 2.40 bits per heavy atom. The van der Waals surface area contributed by atoms with Gasteiger partial charge >= 0.3 is 0 Å². The fourth-order valence-corrected chi connectivity index (χ4v) is 1.92. The summed E-state index contributed by atoms with van der Waals surface area (Å²) in [4.78, 5) is 4.83. The smallest absolute Gasteiger partial charge is 0.118 e. The Bertz CT molecular complexity index is 300. The van der Waals surface area contributed by atoms with Crippen molar-refractivity contribution in [3.8, 4) is 0 Å². The van der Waals surface area contributed by atoms with Crippen LogP contribution in [0, 0.1) is 0 Å². The summed E-state index contributed by atoms with van der Waals surface area (Å²) in [5.74, 6) is 2.20. The first-order chi connectivity index (χ1) is 7.28. The van der Waals surface area contributed by atoms with E-state index in [9.17, 15) is 0 Å². The van der Waals surface area contributed by atoms with Gasteiger partial charge in [0.2, 0.25) is 0 Å². The van der Waals surface area contributed by atoms with Crippen LogP contribution in [0.15, 0.2) is 16.5 Å². The zero-order valence-corrected chi connectivity index (χ0v) is 9.70. The minimum atomic E-state index is 0.966. The monoisotopic (exact) mass is 208 g/mol. The van der Waals surface area contributed by atoms with E-state index < -0.39 is 0 Å². The summed E-state index contributed by atoms with van der Waals surface area (Å²) in [5.41, 5.74) is 0. The van der Waals surface area contributed by atoms with Gasteiger partial charge in [0.25, 0.3) is 0 Å². The van der Waals surface area contributed by atoms with Crippen molar-refractivity contribution in [3.05, 3.63) is 23.7 Å². The highest BCUT2D eigenvalue weighted by molar-refractivity contribution is 5.07. The number of rotatable bonds is 3. The molecule has 0 aliphatic carbocycles. The van der Waals surface area contributed by atoms with Gasteiger partial charge in [-0.1, -0.05) is 6.92 Å². The van der Waals surface area contributed by atoms with Crippen LogP contribution in [0.3, 0.4) is 0 Å². The molecule has 3 nitrogen and oxygen atoms in total. The molecule has 1 aliphatic rings. The van der Waals surface area contributed by atoms with E-state index in [1.807, 2.05) is 0 Å². The Morgan fingerprint density at radius 1 is 1.13 bits per heavy atom. The van der Waals surface area contributed by atoms with Crippen LogP contribution in [0.2, 0.25) is 0 Å². The molecule has 0 aromatic carbocycles. The van der Waals surface area contributed by atoms with Crippen LogP contribution in [-0.2, 0) is 13.0 Å². The second-order valence-electron chi connectivity index (χ2n) is 4.30. The molecule has 1 fully saturated rings. The van der Waals surface area contributed by atoms with Gasteiger partial charge in [-0.15, -0.1) is 0 Å². The van der Waals surface area contributed by atoms with E-state index in [4.69, 9.17) is 4.42 Å². The molecule has 0 N–H and O–H groups in total. The zero-order valence-electron chi connectivity index (χ0n) is 9.70. The summed E-state index contributed by atoms with van der Waals surface area (Å²) in [7, 11) is 2.18. The number of likely N-dealkylation sites (N-methyl/N-ethyl adjacent to an activating group) is 1. The summed E-state index contributed by atoms with van der Waals surface area (Å²) >= 11 is 0. The fraction of sp³-hybridized carbons (Fsp3) is 0.667. The molecule has 15 heavy (non-hydrogen) atoms. The van der Waals surface area contributed by atoms with Gasteiger partial charge in [0, 0.05) is 32.6 Å². The van der Waals surface area contributed by atoms with Crippen molar-refractivity contribution < 1.29 is 4.42 Å². The van der Waals surface area contributed by atoms with Gasteiger partial charge in [0.15, 0.2) is 0 Å². The fourth-order valence-electron chi connectivity index (χ4n) is 1.92. The third kappa shape index (κ3) is 2.83. The maximum atomic E-state index is 5.71. The number of piperazine rings is 1. The van der Waals surface area contributed by atoms with Gasteiger partial charge in [-0.3, -0.25) is 4.90 Å². The van der Waals surface area contributed by atoms with Gasteiger partial charge < -0.3 is 9.32 Å². The highest BCUT2D eigenvalue weighted by atomic mass is 16.3. The number of hydrogen-bond donors (Lipinski definition) is 0. The number of furan rings is 1. The number of hydrogen-bond acceptors (Lipinski definition) is 3. The third-order valence-corrected chi connectivity index (χ3v) is 3.04. The maximum absolute atomic E-state index is 5.71. The SMILES string of the molecule is CCc1ccc(CN2CCN(C)CC2)o1. The average molecular weight is 208 g/mol. The molecule has 0 spiro atoms. The van der Waals surface area contributed by atoms with E-state index in [0.717, 1.165) is 37.6 Å². The average Bonchev–Trinajstić information content (AvgIpc) is 2.69. The number of aryl methyl sites for hydroxylation is 1. The van der Waals surface area contributed by atoms with Crippen molar-refractivity contribution in [3.63, 3.8) is 0 Å². The summed E-state index contributed by atoms with van der Waals surface area (Å²) in [5, 5.41) is 0. The van der Waals surface area contributed by atoms with Gasteiger partial charge in [0.1, 0.15) is 11.5 Å². The van der Waals surface area contributed by atoms with Crippen LogP contribution < -0.4 is 0 Å². The normalized spacial score (nSPS) is 19.6. The van der Waals surface area contributed by atoms with Gasteiger partial charge in [0.05, 0.1) is 6.54 Å². The topological polar surface area (TPSA) is 19.6 Å². The quantitative estimate of drug-likeness (QED) is 0.752. The van der Waals surface area contributed by atoms with E-state index in [0.29, 0.717) is 0 Å². The van der Waals surface area contributed by atoms with Crippen LogP contribution in [0.25, 0.3) is 0 Å². The molecule has 0 radical (unpaired) electrons. The van der Waals surface area contributed by atoms with Crippen molar-refractivity contribution in [1.82, 2.24) is 9.80 Å². The van der Waals surface area contributed by atoms with Gasteiger partial charge in [-0.25, -0.2) is 0 Å². The van der Waals surface area contributed by atoms with Crippen LogP contribution >= 0.6 is 0 Å². The van der Waals surface area contributed by atoms with E-state index >= 15 is 0 Å². The molecule has 1 aromatic rings. The molecule has 1 aliphatic heterocycles. The molecule has 1 saturated heterocycles. The predicted molar refractivity (Wildman–Crippen MR) is 60.9 cm³/mol. The first kappa shape index (κ1) is 10.7. The third-order valence-electron chi connectivity index (χ3n) is 3.04. The molecular weight excluding hydrogens is 188 g/mol. The summed E-state index contributed by atoms with van der Waals surface area (Å²) in [6.45, 7) is 7.73. The van der Waals surface area contributed by atoms with Crippen LogP contribution in [0.1, 0.15) is 18.4 Å². The molecule has 3 heteroatoms. The van der Waals surface area contributed by atoms with Crippen molar-refractivity contribution in [1.29, 1.82) is 0 Å². The van der Waals surface area contributed by atoms with Crippen molar-refractivity contribution in [2.24, 2.45) is 0 Å². The second kappa shape index (κ2) is 4.81. The standard InChI is InChI=1S/C12H20N2O/c1-3-11-4-5-12(15-11)10-14-8-6-13(2)7-9-14/h4-5H,3,6-10H2,1-2H3. The predicted octanol–water partition coefficient (Wildman–Crippen LogP) is 1.59. The van der Waals surface area contributed by atoms with E-state index in [1.165, 1.54) is 13.1 Å². The first-order valence-electron chi connectivity index (χ1n) is 5.76. The first-order valence-corrected chi connectivity index (χ1v) is 5.76. The molecule has 0 bridgehead atoms. The molecule has 0 amide bonds. The van der Waals surface area contributed by atoms with Crippen molar-refractivity contribution in [2.75, 3.05) is 33.2 Å².